The number of epoxide rings is 3. The number of anilines is 1. The van der Waals surface area contributed by atoms with E-state index in [-0.39, 0.29) is 11.9 Å². The minimum absolute atomic E-state index is 0.178. The first-order valence-corrected chi connectivity index (χ1v) is 7.17. The van der Waals surface area contributed by atoms with Crippen molar-refractivity contribution in [2.24, 2.45) is 0 Å². The van der Waals surface area contributed by atoms with Gasteiger partial charge in [0.25, 0.3) is 0 Å². The molecule has 3 saturated heterocycles. The van der Waals surface area contributed by atoms with Crippen molar-refractivity contribution in [3.63, 3.8) is 0 Å². The van der Waals surface area contributed by atoms with E-state index in [4.69, 9.17) is 19.9 Å². The Balaban J connectivity index is 1.71. The van der Waals surface area contributed by atoms with Crippen LogP contribution < -0.4 is 5.73 Å². The summed E-state index contributed by atoms with van der Waals surface area (Å²) in [6.45, 7) is 2.42. The second-order valence-corrected chi connectivity index (χ2v) is 5.90. The molecular formula is C15H19NO4. The first-order chi connectivity index (χ1) is 9.70. The summed E-state index contributed by atoms with van der Waals surface area (Å²) in [4.78, 5) is 0. The van der Waals surface area contributed by atoms with Gasteiger partial charge in [0, 0.05) is 19.3 Å². The van der Waals surface area contributed by atoms with Crippen LogP contribution in [0, 0.1) is 0 Å². The van der Waals surface area contributed by atoms with Gasteiger partial charge in [-0.3, -0.25) is 0 Å². The van der Waals surface area contributed by atoms with Crippen LogP contribution in [0.15, 0.2) is 6.07 Å². The van der Waals surface area contributed by atoms with Crippen molar-refractivity contribution in [2.45, 2.75) is 37.6 Å². The molecule has 0 bridgehead atoms. The molecule has 3 heterocycles. The normalized spacial score (nSPS) is 30.3. The second-order valence-electron chi connectivity index (χ2n) is 5.90. The Morgan fingerprint density at radius 3 is 2.00 bits per heavy atom. The fraction of sp³-hybridized carbons (Fsp3) is 0.600. The first kappa shape index (κ1) is 12.4. The molecule has 108 valence electrons. The number of hydrogen-bond donors (Lipinski definition) is 2. The van der Waals surface area contributed by atoms with Gasteiger partial charge < -0.3 is 25.1 Å². The van der Waals surface area contributed by atoms with E-state index in [2.05, 4.69) is 0 Å². The lowest BCUT2D eigenvalue weighted by molar-refractivity contribution is 0.397. The zero-order valence-electron chi connectivity index (χ0n) is 11.3. The number of phenols is 1. The van der Waals surface area contributed by atoms with Gasteiger partial charge in [0.1, 0.15) is 5.75 Å². The number of phenolic OH excluding ortho intramolecular Hbond substituents is 1. The highest BCUT2D eigenvalue weighted by atomic mass is 16.6. The molecule has 3 atom stereocenters. The number of benzene rings is 1. The average Bonchev–Trinajstić information content (AvgIpc) is 3.22. The molecule has 0 aromatic heterocycles. The summed E-state index contributed by atoms with van der Waals surface area (Å²) in [5.74, 6) is 0.178. The second kappa shape index (κ2) is 4.62. The van der Waals surface area contributed by atoms with Gasteiger partial charge in [0.2, 0.25) is 0 Å². The van der Waals surface area contributed by atoms with Crippen LogP contribution in [-0.2, 0) is 33.5 Å². The lowest BCUT2D eigenvalue weighted by atomic mass is 9.90. The number of hydrogen-bond acceptors (Lipinski definition) is 5. The lowest BCUT2D eigenvalue weighted by Gasteiger charge is -2.17. The Morgan fingerprint density at radius 1 is 0.950 bits per heavy atom. The fourth-order valence-corrected chi connectivity index (χ4v) is 2.77. The molecule has 3 fully saturated rings. The van der Waals surface area contributed by atoms with E-state index in [0.29, 0.717) is 17.9 Å². The van der Waals surface area contributed by atoms with Crippen LogP contribution in [0.1, 0.15) is 16.7 Å². The maximum Gasteiger partial charge on any atom is 0.139 e. The molecule has 0 saturated carbocycles. The number of ether oxygens (including phenoxy) is 3. The van der Waals surface area contributed by atoms with Crippen LogP contribution in [0.25, 0.3) is 0 Å². The van der Waals surface area contributed by atoms with E-state index in [1.54, 1.807) is 6.07 Å². The maximum absolute atomic E-state index is 10.1. The molecule has 3 aliphatic heterocycles. The van der Waals surface area contributed by atoms with Gasteiger partial charge in [-0.05, 0) is 22.8 Å². The van der Waals surface area contributed by atoms with Crippen molar-refractivity contribution in [3.05, 3.63) is 22.8 Å². The molecule has 0 amide bonds. The number of nitrogen functional groups attached to an aromatic ring is 1. The zero-order chi connectivity index (χ0) is 13.7. The van der Waals surface area contributed by atoms with Crippen LogP contribution in [0.5, 0.6) is 5.75 Å². The molecule has 5 heteroatoms. The van der Waals surface area contributed by atoms with E-state index in [1.807, 2.05) is 0 Å². The van der Waals surface area contributed by atoms with Gasteiger partial charge in [-0.15, -0.1) is 0 Å². The molecule has 3 aliphatic rings. The van der Waals surface area contributed by atoms with E-state index in [9.17, 15) is 5.11 Å². The Kier molecular flexibility index (Phi) is 2.87. The van der Waals surface area contributed by atoms with Gasteiger partial charge in [0.15, 0.2) is 0 Å². The van der Waals surface area contributed by atoms with Gasteiger partial charge >= 0.3 is 0 Å². The molecule has 0 aliphatic carbocycles. The average molecular weight is 277 g/mol. The molecular weight excluding hydrogens is 258 g/mol. The van der Waals surface area contributed by atoms with Crippen LogP contribution in [0.2, 0.25) is 0 Å². The summed E-state index contributed by atoms with van der Waals surface area (Å²) < 4.78 is 16.0. The summed E-state index contributed by atoms with van der Waals surface area (Å²) in [5, 5.41) is 10.1. The van der Waals surface area contributed by atoms with Crippen molar-refractivity contribution >= 4 is 5.69 Å². The minimum Gasteiger partial charge on any atom is -0.506 e. The molecule has 20 heavy (non-hydrogen) atoms. The molecule has 0 spiro atoms. The standard InChI is InChI=1S/C15H19NO4/c16-15-13(4-11-7-20-11)12(3-10-6-19-10)8(2-14(15)17)1-9-5-18-9/h2,9-11,17H,1,3-7,16H2. The van der Waals surface area contributed by atoms with Gasteiger partial charge in [-0.25, -0.2) is 0 Å². The lowest BCUT2D eigenvalue weighted by Crippen LogP contribution is -2.11. The Bertz CT molecular complexity index is 533. The fourth-order valence-electron chi connectivity index (χ4n) is 2.77. The Morgan fingerprint density at radius 2 is 1.45 bits per heavy atom. The Labute approximate surface area is 117 Å². The zero-order valence-corrected chi connectivity index (χ0v) is 11.3. The molecule has 3 N–H and O–H groups in total. The molecule has 1 aromatic carbocycles. The summed E-state index contributed by atoms with van der Waals surface area (Å²) in [5.41, 5.74) is 10.0. The largest absolute Gasteiger partial charge is 0.506 e. The molecule has 3 unspecified atom stereocenters. The van der Waals surface area contributed by atoms with Crippen molar-refractivity contribution in [1.29, 1.82) is 0 Å². The monoisotopic (exact) mass is 277 g/mol. The predicted octanol–water partition coefficient (Wildman–Crippen LogP) is 0.798. The molecule has 5 nitrogen and oxygen atoms in total. The molecule has 1 aromatic rings. The van der Waals surface area contributed by atoms with Crippen molar-refractivity contribution in [2.75, 3.05) is 25.6 Å². The summed E-state index contributed by atoms with van der Waals surface area (Å²) >= 11 is 0. The van der Waals surface area contributed by atoms with E-state index >= 15 is 0 Å². The van der Waals surface area contributed by atoms with Crippen molar-refractivity contribution in [3.8, 4) is 5.75 Å². The summed E-state index contributed by atoms with van der Waals surface area (Å²) in [6.07, 6.45) is 3.34. The van der Waals surface area contributed by atoms with Crippen LogP contribution in [0.4, 0.5) is 5.69 Å². The van der Waals surface area contributed by atoms with Crippen LogP contribution >= 0.6 is 0 Å². The molecule has 0 radical (unpaired) electrons. The third kappa shape index (κ3) is 2.61. The highest BCUT2D eigenvalue weighted by Crippen LogP contribution is 2.37. The van der Waals surface area contributed by atoms with E-state index < -0.39 is 0 Å². The predicted molar refractivity (Wildman–Crippen MR) is 72.9 cm³/mol. The molecule has 4 rings (SSSR count). The highest BCUT2D eigenvalue weighted by molar-refractivity contribution is 5.64. The maximum atomic E-state index is 10.1. The van der Waals surface area contributed by atoms with Crippen LogP contribution in [-0.4, -0.2) is 43.2 Å². The third-order valence-electron chi connectivity index (χ3n) is 4.18. The van der Waals surface area contributed by atoms with E-state index in [1.165, 1.54) is 5.56 Å². The minimum atomic E-state index is 0.178. The number of nitrogens with two attached hydrogens (primary N) is 1. The van der Waals surface area contributed by atoms with E-state index in [0.717, 1.165) is 50.2 Å². The first-order valence-electron chi connectivity index (χ1n) is 7.17. The smallest absolute Gasteiger partial charge is 0.139 e. The van der Waals surface area contributed by atoms with Gasteiger partial charge in [0.05, 0.1) is 43.8 Å². The SMILES string of the molecule is Nc1c(O)cc(CC2CO2)c(CC2CO2)c1CC1CO1. The quantitative estimate of drug-likeness (QED) is 0.456. The van der Waals surface area contributed by atoms with Crippen molar-refractivity contribution < 1.29 is 19.3 Å². The topological polar surface area (TPSA) is 83.8 Å². The number of rotatable bonds is 6. The van der Waals surface area contributed by atoms with Crippen LogP contribution in [0.3, 0.4) is 0 Å². The Hall–Kier alpha value is -1.30. The number of aromatic hydroxyl groups is 1. The summed E-state index contributed by atoms with van der Waals surface area (Å²) in [6, 6.07) is 1.80. The van der Waals surface area contributed by atoms with Crippen molar-refractivity contribution in [1.82, 2.24) is 0 Å². The third-order valence-corrected chi connectivity index (χ3v) is 4.18. The van der Waals surface area contributed by atoms with Gasteiger partial charge in [-0.1, -0.05) is 0 Å². The highest BCUT2D eigenvalue weighted by Gasteiger charge is 2.32. The summed E-state index contributed by atoms with van der Waals surface area (Å²) in [7, 11) is 0. The van der Waals surface area contributed by atoms with Gasteiger partial charge in [-0.2, -0.15) is 0 Å².